The number of ether oxygens (including phenoxy) is 1. The van der Waals surface area contributed by atoms with E-state index in [1.165, 1.54) is 6.92 Å². The molecule has 30 heavy (non-hydrogen) atoms. The summed E-state index contributed by atoms with van der Waals surface area (Å²) in [5.74, 6) is 0.153. The minimum Gasteiger partial charge on any atom is -0.490 e. The summed E-state index contributed by atoms with van der Waals surface area (Å²) in [6, 6.07) is 20.8. The molecule has 0 saturated carbocycles. The van der Waals surface area contributed by atoms with E-state index in [0.29, 0.717) is 33.1 Å². The molecule has 3 rings (SSSR count). The molecule has 1 atom stereocenters. The zero-order valence-electron chi connectivity index (χ0n) is 16.5. The predicted octanol–water partition coefficient (Wildman–Crippen LogP) is 4.63. The molecule has 0 radical (unpaired) electrons. The Bertz CT molecular complexity index is 1040. The van der Waals surface area contributed by atoms with Crippen molar-refractivity contribution < 1.29 is 19.4 Å². The Balaban J connectivity index is 1.66. The van der Waals surface area contributed by atoms with Gasteiger partial charge in [0.1, 0.15) is 18.5 Å². The molecule has 0 aliphatic rings. The molecule has 154 valence electrons. The van der Waals surface area contributed by atoms with Crippen LogP contribution in [0.1, 0.15) is 33.2 Å². The molecular formula is C24H22ClNO4. The van der Waals surface area contributed by atoms with Gasteiger partial charge in [-0.3, -0.25) is 9.59 Å². The van der Waals surface area contributed by atoms with Crippen molar-refractivity contribution in [2.24, 2.45) is 0 Å². The highest BCUT2D eigenvalue weighted by Gasteiger charge is 2.16. The molecular weight excluding hydrogens is 402 g/mol. The number of aliphatic hydroxyl groups excluding tert-OH is 1. The number of anilines is 1. The summed E-state index contributed by atoms with van der Waals surface area (Å²) < 4.78 is 5.62. The molecule has 5 nitrogen and oxygen atoms in total. The molecule has 6 heteroatoms. The van der Waals surface area contributed by atoms with Crippen molar-refractivity contribution in [3.8, 4) is 5.75 Å². The average molecular weight is 424 g/mol. The SMILES string of the molecule is CC(=O)c1ccccc1OC[C@@H](O)CNc1ccc(Cl)cc1C(=O)c1ccccc1. The van der Waals surface area contributed by atoms with Crippen molar-refractivity contribution in [1.82, 2.24) is 0 Å². The molecule has 0 fully saturated rings. The van der Waals surface area contributed by atoms with E-state index in [4.69, 9.17) is 16.3 Å². The van der Waals surface area contributed by atoms with Crippen LogP contribution < -0.4 is 10.1 Å². The average Bonchev–Trinajstić information content (AvgIpc) is 2.77. The van der Waals surface area contributed by atoms with Gasteiger partial charge >= 0.3 is 0 Å². The number of benzene rings is 3. The molecule has 3 aromatic rings. The number of para-hydroxylation sites is 1. The summed E-state index contributed by atoms with van der Waals surface area (Å²) in [6.07, 6.45) is -0.861. The van der Waals surface area contributed by atoms with Crippen molar-refractivity contribution in [3.05, 3.63) is 94.5 Å². The summed E-state index contributed by atoms with van der Waals surface area (Å²) in [5.41, 5.74) is 2.00. The number of carbonyl (C=O) groups is 2. The quantitative estimate of drug-likeness (QED) is 0.491. The number of halogens is 1. The Morgan fingerprint density at radius 2 is 1.70 bits per heavy atom. The highest BCUT2D eigenvalue weighted by atomic mass is 35.5. The van der Waals surface area contributed by atoms with E-state index in [9.17, 15) is 14.7 Å². The summed E-state index contributed by atoms with van der Waals surface area (Å²) in [7, 11) is 0. The molecule has 0 spiro atoms. The number of hydrogen-bond donors (Lipinski definition) is 2. The van der Waals surface area contributed by atoms with Crippen LogP contribution in [-0.4, -0.2) is 35.9 Å². The number of carbonyl (C=O) groups excluding carboxylic acids is 2. The highest BCUT2D eigenvalue weighted by Crippen LogP contribution is 2.24. The Morgan fingerprint density at radius 1 is 1.00 bits per heavy atom. The molecule has 0 unspecified atom stereocenters. The fourth-order valence-corrected chi connectivity index (χ4v) is 3.13. The van der Waals surface area contributed by atoms with Crippen LogP contribution in [0, 0.1) is 0 Å². The van der Waals surface area contributed by atoms with Gasteiger partial charge in [-0.15, -0.1) is 0 Å². The zero-order chi connectivity index (χ0) is 21.5. The fraction of sp³-hybridized carbons (Fsp3) is 0.167. The van der Waals surface area contributed by atoms with Gasteiger partial charge in [-0.1, -0.05) is 54.1 Å². The van der Waals surface area contributed by atoms with Gasteiger partial charge in [-0.25, -0.2) is 0 Å². The van der Waals surface area contributed by atoms with Gasteiger partial charge in [-0.05, 0) is 37.3 Å². The smallest absolute Gasteiger partial charge is 0.195 e. The second kappa shape index (κ2) is 10.1. The number of hydrogen-bond acceptors (Lipinski definition) is 5. The monoisotopic (exact) mass is 423 g/mol. The molecule has 0 saturated heterocycles. The topological polar surface area (TPSA) is 75.6 Å². The van der Waals surface area contributed by atoms with Crippen LogP contribution in [0.3, 0.4) is 0 Å². The number of rotatable bonds is 9. The van der Waals surface area contributed by atoms with Crippen molar-refractivity contribution in [1.29, 1.82) is 0 Å². The third-order valence-electron chi connectivity index (χ3n) is 4.49. The van der Waals surface area contributed by atoms with Crippen molar-refractivity contribution in [2.45, 2.75) is 13.0 Å². The van der Waals surface area contributed by atoms with Gasteiger partial charge in [0.2, 0.25) is 0 Å². The lowest BCUT2D eigenvalue weighted by Crippen LogP contribution is -2.27. The third kappa shape index (κ3) is 5.47. The summed E-state index contributed by atoms with van der Waals surface area (Å²) >= 11 is 6.09. The maximum Gasteiger partial charge on any atom is 0.195 e. The van der Waals surface area contributed by atoms with Crippen LogP contribution in [0.15, 0.2) is 72.8 Å². The van der Waals surface area contributed by atoms with E-state index < -0.39 is 6.10 Å². The van der Waals surface area contributed by atoms with Crippen molar-refractivity contribution in [2.75, 3.05) is 18.5 Å². The summed E-state index contributed by atoms with van der Waals surface area (Å²) in [4.78, 5) is 24.5. The van der Waals surface area contributed by atoms with Crippen LogP contribution in [0.25, 0.3) is 0 Å². The largest absolute Gasteiger partial charge is 0.490 e. The van der Waals surface area contributed by atoms with E-state index >= 15 is 0 Å². The molecule has 0 aromatic heterocycles. The van der Waals surface area contributed by atoms with E-state index in [2.05, 4.69) is 5.32 Å². The number of nitrogens with one attached hydrogen (secondary N) is 1. The molecule has 0 heterocycles. The Kier molecular flexibility index (Phi) is 7.22. The van der Waals surface area contributed by atoms with Crippen LogP contribution in [0.2, 0.25) is 5.02 Å². The number of Topliss-reactive ketones (excluding diaryl/α,β-unsaturated/α-hetero) is 1. The minimum absolute atomic E-state index is 0.00710. The van der Waals surface area contributed by atoms with E-state index in [0.717, 1.165) is 0 Å². The number of aliphatic hydroxyl groups is 1. The Morgan fingerprint density at radius 3 is 2.43 bits per heavy atom. The first-order valence-electron chi connectivity index (χ1n) is 9.49. The first-order chi connectivity index (χ1) is 14.5. The fourth-order valence-electron chi connectivity index (χ4n) is 2.96. The molecule has 3 aromatic carbocycles. The van der Waals surface area contributed by atoms with Gasteiger partial charge in [0, 0.05) is 28.4 Å². The molecule has 0 amide bonds. The molecule has 2 N–H and O–H groups in total. The van der Waals surface area contributed by atoms with Gasteiger partial charge in [0.05, 0.1) is 5.56 Å². The maximum absolute atomic E-state index is 12.9. The van der Waals surface area contributed by atoms with Gasteiger partial charge in [-0.2, -0.15) is 0 Å². The lowest BCUT2D eigenvalue weighted by molar-refractivity contribution is 0.0991. The third-order valence-corrected chi connectivity index (χ3v) is 4.72. The van der Waals surface area contributed by atoms with Crippen LogP contribution >= 0.6 is 11.6 Å². The Labute approximate surface area is 180 Å². The normalized spacial score (nSPS) is 11.6. The lowest BCUT2D eigenvalue weighted by atomic mass is 10.0. The molecule has 0 bridgehead atoms. The lowest BCUT2D eigenvalue weighted by Gasteiger charge is -2.17. The van der Waals surface area contributed by atoms with Crippen LogP contribution in [0.4, 0.5) is 5.69 Å². The van der Waals surface area contributed by atoms with Crippen molar-refractivity contribution >= 4 is 28.9 Å². The van der Waals surface area contributed by atoms with Gasteiger partial charge < -0.3 is 15.2 Å². The highest BCUT2D eigenvalue weighted by molar-refractivity contribution is 6.31. The van der Waals surface area contributed by atoms with E-state index in [-0.39, 0.29) is 24.7 Å². The van der Waals surface area contributed by atoms with E-state index in [1.54, 1.807) is 66.7 Å². The summed E-state index contributed by atoms with van der Waals surface area (Å²) in [6.45, 7) is 1.61. The first kappa shape index (κ1) is 21.6. The predicted molar refractivity (Wildman–Crippen MR) is 118 cm³/mol. The Hall–Kier alpha value is -3.15. The number of ketones is 2. The van der Waals surface area contributed by atoms with Crippen LogP contribution in [-0.2, 0) is 0 Å². The standard InChI is InChI=1S/C24H22ClNO4/c1-16(27)20-9-5-6-10-23(20)30-15-19(28)14-26-22-12-11-18(25)13-21(22)24(29)17-7-3-2-4-8-17/h2-13,19,26,28H,14-15H2,1H3/t19-/m0/s1. The minimum atomic E-state index is -0.861. The van der Waals surface area contributed by atoms with Gasteiger partial charge in [0.15, 0.2) is 11.6 Å². The first-order valence-corrected chi connectivity index (χ1v) is 9.87. The molecule has 0 aliphatic heterocycles. The summed E-state index contributed by atoms with van der Waals surface area (Å²) in [5, 5.41) is 13.9. The second-order valence-electron chi connectivity index (χ2n) is 6.78. The van der Waals surface area contributed by atoms with E-state index in [1.807, 2.05) is 6.07 Å². The van der Waals surface area contributed by atoms with Gasteiger partial charge in [0.25, 0.3) is 0 Å². The zero-order valence-corrected chi connectivity index (χ0v) is 17.2. The second-order valence-corrected chi connectivity index (χ2v) is 7.22. The van der Waals surface area contributed by atoms with Crippen LogP contribution in [0.5, 0.6) is 5.75 Å². The molecule has 0 aliphatic carbocycles. The van der Waals surface area contributed by atoms with Crippen molar-refractivity contribution in [3.63, 3.8) is 0 Å². The maximum atomic E-state index is 12.9.